The van der Waals surface area contributed by atoms with Gasteiger partial charge in [0.15, 0.2) is 0 Å². The quantitative estimate of drug-likeness (QED) is 0.667. The van der Waals surface area contributed by atoms with Gasteiger partial charge in [0, 0.05) is 11.6 Å². The van der Waals surface area contributed by atoms with Crippen molar-refractivity contribution < 1.29 is 0 Å². The van der Waals surface area contributed by atoms with Gasteiger partial charge < -0.3 is 4.34 Å². The summed E-state index contributed by atoms with van der Waals surface area (Å²) < 4.78 is 2.30. The van der Waals surface area contributed by atoms with Crippen molar-refractivity contribution in [2.24, 2.45) is 0 Å². The van der Waals surface area contributed by atoms with Crippen molar-refractivity contribution in [3.8, 4) is 0 Å². The molecule has 0 aliphatic rings. The van der Waals surface area contributed by atoms with E-state index in [0.29, 0.717) is 0 Å². The van der Waals surface area contributed by atoms with Crippen LogP contribution in [0.5, 0.6) is 0 Å². The standard InChI is InChI=1S/C10H13NP2/c1-2-8-7-11(13-12)10-6-4-3-5-9(8)10/h3-7,13H,2,12H2,1H3. The molecule has 0 N–H and O–H groups in total. The molecule has 2 aromatic rings. The molecule has 0 saturated heterocycles. The van der Waals surface area contributed by atoms with Crippen LogP contribution in [0.25, 0.3) is 10.9 Å². The van der Waals surface area contributed by atoms with Gasteiger partial charge in [0.25, 0.3) is 0 Å². The lowest BCUT2D eigenvalue weighted by atomic mass is 10.1. The number of benzene rings is 1. The first-order valence-corrected chi connectivity index (χ1v) is 7.18. The van der Waals surface area contributed by atoms with Gasteiger partial charge in [-0.2, -0.15) is 0 Å². The fourth-order valence-corrected chi connectivity index (χ4v) is 2.84. The number of hydrogen-bond acceptors (Lipinski definition) is 0. The third kappa shape index (κ3) is 1.52. The number of nitrogens with zero attached hydrogens (tertiary/aromatic N) is 1. The predicted octanol–water partition coefficient (Wildman–Crippen LogP) is 3.44. The van der Waals surface area contributed by atoms with Crippen LogP contribution in [-0.4, -0.2) is 4.34 Å². The Kier molecular flexibility index (Phi) is 2.67. The van der Waals surface area contributed by atoms with Crippen molar-refractivity contribution in [2.45, 2.75) is 13.3 Å². The van der Waals surface area contributed by atoms with Gasteiger partial charge in [0.05, 0.1) is 5.52 Å². The van der Waals surface area contributed by atoms with Gasteiger partial charge in [-0.25, -0.2) is 0 Å². The van der Waals surface area contributed by atoms with Crippen LogP contribution in [0, 0.1) is 0 Å². The highest BCUT2D eigenvalue weighted by Gasteiger charge is 2.03. The Morgan fingerprint density at radius 2 is 2.15 bits per heavy atom. The molecule has 0 saturated carbocycles. The zero-order valence-corrected chi connectivity index (χ0v) is 9.77. The summed E-state index contributed by atoms with van der Waals surface area (Å²) in [6.45, 7) is 2.21. The smallest absolute Gasteiger partial charge is 0.0518 e. The third-order valence-corrected chi connectivity index (χ3v) is 3.80. The summed E-state index contributed by atoms with van der Waals surface area (Å²) in [5.74, 6) is 0. The highest BCUT2D eigenvalue weighted by Crippen LogP contribution is 2.32. The van der Waals surface area contributed by atoms with Crippen molar-refractivity contribution in [3.05, 3.63) is 36.0 Å². The number of para-hydroxylation sites is 1. The number of aromatic nitrogens is 1. The van der Waals surface area contributed by atoms with Gasteiger partial charge in [-0.1, -0.05) is 34.1 Å². The van der Waals surface area contributed by atoms with Crippen molar-refractivity contribution in [3.63, 3.8) is 0 Å². The molecule has 0 amide bonds. The van der Waals surface area contributed by atoms with Crippen LogP contribution in [0.2, 0.25) is 0 Å². The summed E-state index contributed by atoms with van der Waals surface area (Å²) in [7, 11) is 3.53. The van der Waals surface area contributed by atoms with Crippen LogP contribution >= 0.6 is 17.3 Å². The summed E-state index contributed by atoms with van der Waals surface area (Å²) >= 11 is 0. The maximum Gasteiger partial charge on any atom is 0.0518 e. The first-order valence-electron chi connectivity index (χ1n) is 4.42. The maximum atomic E-state index is 2.79. The molecule has 3 heteroatoms. The minimum absolute atomic E-state index is 0.741. The molecule has 0 radical (unpaired) electrons. The van der Waals surface area contributed by atoms with Gasteiger partial charge in [0.1, 0.15) is 0 Å². The summed E-state index contributed by atoms with van der Waals surface area (Å²) in [5, 5.41) is 1.40. The van der Waals surface area contributed by atoms with E-state index >= 15 is 0 Å². The normalized spacial score (nSPS) is 11.8. The molecule has 2 atom stereocenters. The molecule has 1 heterocycles. The van der Waals surface area contributed by atoms with Gasteiger partial charge in [-0.15, -0.1) is 0 Å². The molecule has 0 bridgehead atoms. The van der Waals surface area contributed by atoms with Crippen LogP contribution in [-0.2, 0) is 6.42 Å². The monoisotopic (exact) mass is 209 g/mol. The largest absolute Gasteiger partial charge is 0.325 e. The molecule has 0 aliphatic heterocycles. The van der Waals surface area contributed by atoms with E-state index in [1.54, 1.807) is 0 Å². The Balaban J connectivity index is 2.74. The van der Waals surface area contributed by atoms with Gasteiger partial charge >= 0.3 is 0 Å². The highest BCUT2D eigenvalue weighted by molar-refractivity contribution is 8.02. The summed E-state index contributed by atoms with van der Waals surface area (Å²) in [6, 6.07) is 8.60. The van der Waals surface area contributed by atoms with Gasteiger partial charge in [-0.05, 0) is 26.5 Å². The number of fused-ring (bicyclic) bond motifs is 1. The Hall–Kier alpha value is -0.380. The fourth-order valence-electron chi connectivity index (χ4n) is 1.64. The molecular formula is C10H13NP2. The highest BCUT2D eigenvalue weighted by atomic mass is 32.0. The maximum absolute atomic E-state index is 2.79. The zero-order valence-electron chi connectivity index (χ0n) is 7.62. The van der Waals surface area contributed by atoms with E-state index < -0.39 is 0 Å². The van der Waals surface area contributed by atoms with Crippen molar-refractivity contribution in [1.82, 2.24) is 4.34 Å². The minimum Gasteiger partial charge on any atom is -0.325 e. The Bertz CT molecular complexity index is 382. The lowest BCUT2D eigenvalue weighted by molar-refractivity contribution is 1.14. The van der Waals surface area contributed by atoms with Crippen LogP contribution < -0.4 is 0 Å². The molecule has 0 spiro atoms. The molecule has 2 unspecified atom stereocenters. The second-order valence-electron chi connectivity index (χ2n) is 3.02. The minimum atomic E-state index is 0.741. The number of hydrogen-bond donors (Lipinski definition) is 0. The lowest BCUT2D eigenvalue weighted by Crippen LogP contribution is -1.74. The Labute approximate surface area is 82.5 Å². The SMILES string of the molecule is CCc1cn(PP)c2ccccc12. The summed E-state index contributed by atoms with van der Waals surface area (Å²) in [6.07, 6.45) is 3.37. The molecule has 68 valence electrons. The average Bonchev–Trinajstić information content (AvgIpc) is 2.56. The molecule has 2 rings (SSSR count). The van der Waals surface area contributed by atoms with Crippen molar-refractivity contribution in [2.75, 3.05) is 0 Å². The van der Waals surface area contributed by atoms with Crippen LogP contribution in [0.3, 0.4) is 0 Å². The first-order chi connectivity index (χ1) is 6.36. The first kappa shape index (κ1) is 9.19. The summed E-state index contributed by atoms with van der Waals surface area (Å²) in [4.78, 5) is 0. The molecule has 1 aromatic heterocycles. The third-order valence-electron chi connectivity index (χ3n) is 2.31. The predicted molar refractivity (Wildman–Crippen MR) is 64.7 cm³/mol. The van der Waals surface area contributed by atoms with Crippen LogP contribution in [0.15, 0.2) is 30.5 Å². The number of rotatable bonds is 2. The topological polar surface area (TPSA) is 4.93 Å². The van der Waals surface area contributed by atoms with E-state index in [4.69, 9.17) is 0 Å². The Morgan fingerprint density at radius 1 is 1.38 bits per heavy atom. The Morgan fingerprint density at radius 3 is 2.85 bits per heavy atom. The fraction of sp³-hybridized carbons (Fsp3) is 0.200. The van der Waals surface area contributed by atoms with Gasteiger partial charge in [0.2, 0.25) is 0 Å². The van der Waals surface area contributed by atoms with Crippen molar-refractivity contribution >= 4 is 28.3 Å². The molecule has 0 aliphatic carbocycles. The van der Waals surface area contributed by atoms with E-state index in [2.05, 4.69) is 50.7 Å². The molecule has 1 nitrogen and oxygen atoms in total. The van der Waals surface area contributed by atoms with Crippen molar-refractivity contribution in [1.29, 1.82) is 0 Å². The average molecular weight is 209 g/mol. The van der Waals surface area contributed by atoms with Gasteiger partial charge in [-0.3, -0.25) is 0 Å². The van der Waals surface area contributed by atoms with E-state index in [-0.39, 0.29) is 0 Å². The molecular weight excluding hydrogens is 196 g/mol. The van der Waals surface area contributed by atoms with Crippen LogP contribution in [0.4, 0.5) is 0 Å². The molecule has 1 aromatic carbocycles. The number of aryl methyl sites for hydroxylation is 1. The zero-order chi connectivity index (χ0) is 9.26. The van der Waals surface area contributed by atoms with E-state index in [0.717, 1.165) is 14.8 Å². The van der Waals surface area contributed by atoms with E-state index in [1.807, 2.05) is 0 Å². The summed E-state index contributed by atoms with van der Waals surface area (Å²) in [5.41, 5.74) is 2.80. The van der Waals surface area contributed by atoms with Crippen LogP contribution in [0.1, 0.15) is 12.5 Å². The second-order valence-corrected chi connectivity index (χ2v) is 4.54. The van der Waals surface area contributed by atoms with E-state index in [1.165, 1.54) is 16.5 Å². The molecule has 0 fully saturated rings. The lowest BCUT2D eigenvalue weighted by Gasteiger charge is -1.97. The van der Waals surface area contributed by atoms with E-state index in [9.17, 15) is 0 Å². The second kappa shape index (κ2) is 3.78. The molecule has 13 heavy (non-hydrogen) atoms.